The van der Waals surface area contributed by atoms with Crippen LogP contribution in [0, 0.1) is 0 Å². The number of piperidine rings is 1. The van der Waals surface area contributed by atoms with Gasteiger partial charge in [0.1, 0.15) is 5.75 Å². The van der Waals surface area contributed by atoms with Crippen molar-refractivity contribution in [1.82, 2.24) is 4.90 Å². The molecule has 0 amide bonds. The summed E-state index contributed by atoms with van der Waals surface area (Å²) < 4.78 is 5.95. The van der Waals surface area contributed by atoms with Gasteiger partial charge in [-0.1, -0.05) is 37.8 Å². The standard InChI is InChI=1S/C17H26ClNO/c1-2-3-7-12-20-17-9-8-16(18)13-15(17)14-19-10-5-4-6-11-19/h8-9,13H,2-7,10-12,14H2,1H3. The summed E-state index contributed by atoms with van der Waals surface area (Å²) in [6.07, 6.45) is 7.58. The molecule has 0 bridgehead atoms. The smallest absolute Gasteiger partial charge is 0.123 e. The maximum Gasteiger partial charge on any atom is 0.123 e. The van der Waals surface area contributed by atoms with Crippen LogP contribution in [0.25, 0.3) is 0 Å². The monoisotopic (exact) mass is 295 g/mol. The van der Waals surface area contributed by atoms with Crippen LogP contribution < -0.4 is 4.74 Å². The molecule has 20 heavy (non-hydrogen) atoms. The molecular weight excluding hydrogens is 270 g/mol. The van der Waals surface area contributed by atoms with Crippen molar-refractivity contribution < 1.29 is 4.74 Å². The van der Waals surface area contributed by atoms with Gasteiger partial charge in [-0.05, 0) is 50.6 Å². The second kappa shape index (κ2) is 8.53. The number of likely N-dealkylation sites (tertiary alicyclic amines) is 1. The maximum atomic E-state index is 6.14. The van der Waals surface area contributed by atoms with Gasteiger partial charge in [0.25, 0.3) is 0 Å². The van der Waals surface area contributed by atoms with Crippen LogP contribution in [-0.2, 0) is 6.54 Å². The van der Waals surface area contributed by atoms with Crippen LogP contribution in [0.3, 0.4) is 0 Å². The highest BCUT2D eigenvalue weighted by Gasteiger charge is 2.13. The number of halogens is 1. The number of unbranched alkanes of at least 4 members (excludes halogenated alkanes) is 2. The second-order valence-electron chi connectivity index (χ2n) is 5.64. The topological polar surface area (TPSA) is 12.5 Å². The van der Waals surface area contributed by atoms with Gasteiger partial charge in [0.2, 0.25) is 0 Å². The van der Waals surface area contributed by atoms with Crippen LogP contribution >= 0.6 is 11.6 Å². The summed E-state index contributed by atoms with van der Waals surface area (Å²) >= 11 is 6.14. The largest absolute Gasteiger partial charge is 0.493 e. The van der Waals surface area contributed by atoms with Crippen LogP contribution in [0.4, 0.5) is 0 Å². The number of hydrogen-bond donors (Lipinski definition) is 0. The Morgan fingerprint density at radius 2 is 1.95 bits per heavy atom. The van der Waals surface area contributed by atoms with Crippen molar-refractivity contribution in [3.63, 3.8) is 0 Å². The Kier molecular flexibility index (Phi) is 6.68. The highest BCUT2D eigenvalue weighted by Crippen LogP contribution is 2.25. The Morgan fingerprint density at radius 3 is 2.70 bits per heavy atom. The fourth-order valence-corrected chi connectivity index (χ4v) is 2.90. The SMILES string of the molecule is CCCCCOc1ccc(Cl)cc1CN1CCCCC1. The van der Waals surface area contributed by atoms with Crippen molar-refractivity contribution in [2.75, 3.05) is 19.7 Å². The van der Waals surface area contributed by atoms with E-state index in [1.54, 1.807) is 0 Å². The van der Waals surface area contributed by atoms with Gasteiger partial charge < -0.3 is 4.74 Å². The molecule has 0 N–H and O–H groups in total. The summed E-state index contributed by atoms with van der Waals surface area (Å²) in [6, 6.07) is 6.01. The van der Waals surface area contributed by atoms with Gasteiger partial charge in [-0.25, -0.2) is 0 Å². The minimum absolute atomic E-state index is 0.804. The molecule has 0 atom stereocenters. The molecule has 112 valence electrons. The first-order valence-electron chi connectivity index (χ1n) is 7.93. The van der Waals surface area contributed by atoms with Gasteiger partial charge >= 0.3 is 0 Å². The number of hydrogen-bond acceptors (Lipinski definition) is 2. The third kappa shape index (κ3) is 4.99. The summed E-state index contributed by atoms with van der Waals surface area (Å²) in [5.74, 6) is 1.01. The van der Waals surface area contributed by atoms with Crippen LogP contribution in [0.1, 0.15) is 51.0 Å². The molecule has 1 aliphatic heterocycles. The third-order valence-corrected chi connectivity index (χ3v) is 4.11. The van der Waals surface area contributed by atoms with Gasteiger partial charge in [0, 0.05) is 17.1 Å². The predicted octanol–water partition coefficient (Wildman–Crippen LogP) is 4.89. The lowest BCUT2D eigenvalue weighted by Gasteiger charge is -2.27. The van der Waals surface area contributed by atoms with Crippen molar-refractivity contribution >= 4 is 11.6 Å². The van der Waals surface area contributed by atoms with Crippen LogP contribution in [0.5, 0.6) is 5.75 Å². The van der Waals surface area contributed by atoms with E-state index in [-0.39, 0.29) is 0 Å². The van der Waals surface area contributed by atoms with E-state index in [2.05, 4.69) is 17.9 Å². The second-order valence-corrected chi connectivity index (χ2v) is 6.08. The fourth-order valence-electron chi connectivity index (χ4n) is 2.70. The quantitative estimate of drug-likeness (QED) is 0.664. The molecule has 1 heterocycles. The average molecular weight is 296 g/mol. The molecule has 1 saturated heterocycles. The lowest BCUT2D eigenvalue weighted by molar-refractivity contribution is 0.215. The predicted molar refractivity (Wildman–Crippen MR) is 85.6 cm³/mol. The van der Waals surface area contributed by atoms with Gasteiger partial charge in [0.05, 0.1) is 6.61 Å². The fraction of sp³-hybridized carbons (Fsp3) is 0.647. The first kappa shape index (κ1) is 15.7. The van der Waals surface area contributed by atoms with E-state index in [0.717, 1.165) is 30.3 Å². The number of rotatable bonds is 7. The normalized spacial score (nSPS) is 16.3. The lowest BCUT2D eigenvalue weighted by atomic mass is 10.1. The Hall–Kier alpha value is -0.730. The van der Waals surface area contributed by atoms with E-state index in [0.29, 0.717) is 0 Å². The number of nitrogens with zero attached hydrogens (tertiary/aromatic N) is 1. The molecule has 1 fully saturated rings. The number of benzene rings is 1. The molecule has 1 aromatic carbocycles. The van der Waals surface area contributed by atoms with Crippen molar-refractivity contribution in [3.05, 3.63) is 28.8 Å². The van der Waals surface area contributed by atoms with E-state index in [4.69, 9.17) is 16.3 Å². The van der Waals surface area contributed by atoms with Gasteiger partial charge in [-0.15, -0.1) is 0 Å². The molecule has 1 aliphatic rings. The van der Waals surface area contributed by atoms with Crippen LogP contribution in [0.2, 0.25) is 5.02 Å². The Labute approximate surface area is 128 Å². The molecule has 1 aromatic rings. The molecule has 0 aromatic heterocycles. The van der Waals surface area contributed by atoms with Crippen LogP contribution in [0.15, 0.2) is 18.2 Å². The zero-order chi connectivity index (χ0) is 14.2. The van der Waals surface area contributed by atoms with E-state index in [1.807, 2.05) is 12.1 Å². The summed E-state index contributed by atoms with van der Waals surface area (Å²) in [7, 11) is 0. The minimum atomic E-state index is 0.804. The molecule has 0 unspecified atom stereocenters. The Bertz CT molecular complexity index is 402. The summed E-state index contributed by atoms with van der Waals surface area (Å²) in [5, 5.41) is 0.804. The average Bonchev–Trinajstić information content (AvgIpc) is 2.47. The highest BCUT2D eigenvalue weighted by molar-refractivity contribution is 6.30. The van der Waals surface area contributed by atoms with Crippen molar-refractivity contribution in [2.45, 2.75) is 52.0 Å². The Morgan fingerprint density at radius 1 is 1.15 bits per heavy atom. The van der Waals surface area contributed by atoms with Crippen molar-refractivity contribution in [1.29, 1.82) is 0 Å². The molecular formula is C17H26ClNO. The third-order valence-electron chi connectivity index (χ3n) is 3.87. The van der Waals surface area contributed by atoms with E-state index < -0.39 is 0 Å². The zero-order valence-electron chi connectivity index (χ0n) is 12.5. The van der Waals surface area contributed by atoms with Gasteiger partial charge in [-0.2, -0.15) is 0 Å². The van der Waals surface area contributed by atoms with Crippen molar-refractivity contribution in [3.8, 4) is 5.75 Å². The molecule has 0 radical (unpaired) electrons. The minimum Gasteiger partial charge on any atom is -0.493 e. The molecule has 2 nitrogen and oxygen atoms in total. The maximum absolute atomic E-state index is 6.14. The summed E-state index contributed by atoms with van der Waals surface area (Å²) in [6.45, 7) is 6.37. The van der Waals surface area contributed by atoms with Crippen LogP contribution in [-0.4, -0.2) is 24.6 Å². The lowest BCUT2D eigenvalue weighted by Crippen LogP contribution is -2.29. The van der Waals surface area contributed by atoms with Gasteiger partial charge in [-0.3, -0.25) is 4.90 Å². The highest BCUT2D eigenvalue weighted by atomic mass is 35.5. The number of ether oxygens (including phenoxy) is 1. The summed E-state index contributed by atoms with van der Waals surface area (Å²) in [4.78, 5) is 2.51. The molecule has 0 saturated carbocycles. The zero-order valence-corrected chi connectivity index (χ0v) is 13.3. The first-order chi connectivity index (χ1) is 9.79. The van der Waals surface area contributed by atoms with E-state index >= 15 is 0 Å². The van der Waals surface area contributed by atoms with E-state index in [9.17, 15) is 0 Å². The molecule has 0 spiro atoms. The molecule has 3 heteroatoms. The van der Waals surface area contributed by atoms with Gasteiger partial charge in [0.15, 0.2) is 0 Å². The summed E-state index contributed by atoms with van der Waals surface area (Å²) in [5.41, 5.74) is 1.23. The van der Waals surface area contributed by atoms with Crippen molar-refractivity contribution in [2.24, 2.45) is 0 Å². The van der Waals surface area contributed by atoms with E-state index in [1.165, 1.54) is 50.8 Å². The molecule has 0 aliphatic carbocycles. The first-order valence-corrected chi connectivity index (χ1v) is 8.31. The Balaban J connectivity index is 1.95. The molecule has 2 rings (SSSR count).